The van der Waals surface area contributed by atoms with Gasteiger partial charge >= 0.3 is 0 Å². The quantitative estimate of drug-likeness (QED) is 0.793. The number of benzene rings is 1. The number of nitrogens with zero attached hydrogens (tertiary/aromatic N) is 1. The molecule has 2 fully saturated rings. The lowest BCUT2D eigenvalue weighted by Crippen LogP contribution is -2.33. The lowest BCUT2D eigenvalue weighted by Gasteiger charge is -2.17. The van der Waals surface area contributed by atoms with Crippen LogP contribution in [0.3, 0.4) is 0 Å². The third-order valence-corrected chi connectivity index (χ3v) is 3.72. The summed E-state index contributed by atoms with van der Waals surface area (Å²) in [6, 6.07) is 6.36. The molecule has 0 unspecified atom stereocenters. The minimum absolute atomic E-state index is 0.0549. The number of fused-ring (bicyclic) bond motifs is 1. The van der Waals surface area contributed by atoms with E-state index in [9.17, 15) is 9.18 Å². The van der Waals surface area contributed by atoms with Crippen molar-refractivity contribution in [3.63, 3.8) is 0 Å². The lowest BCUT2D eigenvalue weighted by molar-refractivity contribution is 0.0782. The normalized spacial score (nSPS) is 27.2. The minimum atomic E-state index is -0.353. The van der Waals surface area contributed by atoms with Gasteiger partial charge in [-0.1, -0.05) is 6.07 Å². The number of hydrogen-bond donors (Lipinski definition) is 1. The topological polar surface area (TPSA) is 32.3 Å². The van der Waals surface area contributed by atoms with E-state index < -0.39 is 0 Å². The summed E-state index contributed by atoms with van der Waals surface area (Å²) in [6.07, 6.45) is 1.14. The molecule has 0 saturated carbocycles. The van der Waals surface area contributed by atoms with Gasteiger partial charge in [0.1, 0.15) is 5.82 Å². The Labute approximate surface area is 99.6 Å². The summed E-state index contributed by atoms with van der Waals surface area (Å²) >= 11 is 0. The first-order valence-electron chi connectivity index (χ1n) is 6.02. The van der Waals surface area contributed by atoms with Crippen LogP contribution >= 0.6 is 0 Å². The number of rotatable bonds is 1. The Morgan fingerprint density at radius 2 is 2.29 bits per heavy atom. The Kier molecular flexibility index (Phi) is 2.59. The zero-order valence-corrected chi connectivity index (χ0v) is 9.53. The second kappa shape index (κ2) is 4.11. The fourth-order valence-corrected chi connectivity index (χ4v) is 2.82. The summed E-state index contributed by atoms with van der Waals surface area (Å²) < 4.78 is 13.1. The van der Waals surface area contributed by atoms with E-state index >= 15 is 0 Å². The molecule has 1 aromatic carbocycles. The number of halogens is 1. The van der Waals surface area contributed by atoms with Crippen LogP contribution < -0.4 is 5.32 Å². The molecule has 2 aliphatic heterocycles. The molecule has 0 spiro atoms. The predicted octanol–water partition coefficient (Wildman–Crippen LogP) is 1.26. The SMILES string of the molecule is O=C(c1cccc(F)c1)N1C[C@@H]2CCN[C@@H]2C1. The third kappa shape index (κ3) is 1.93. The zero-order chi connectivity index (χ0) is 11.8. The number of carbonyl (C=O) groups is 1. The standard InChI is InChI=1S/C13H15FN2O/c14-11-3-1-2-9(6-11)13(17)16-7-10-4-5-15-12(10)8-16/h1-3,6,10,12,15H,4-5,7-8H2/t10-,12+/m0/s1. The second-order valence-electron chi connectivity index (χ2n) is 4.83. The number of amides is 1. The molecule has 4 heteroatoms. The van der Waals surface area contributed by atoms with Crippen molar-refractivity contribution in [2.24, 2.45) is 5.92 Å². The smallest absolute Gasteiger partial charge is 0.254 e. The molecular weight excluding hydrogens is 219 g/mol. The average Bonchev–Trinajstić information content (AvgIpc) is 2.88. The maximum absolute atomic E-state index is 13.1. The highest BCUT2D eigenvalue weighted by molar-refractivity contribution is 5.94. The molecule has 1 N–H and O–H groups in total. The first kappa shape index (κ1) is 10.7. The van der Waals surface area contributed by atoms with Crippen LogP contribution in [0.25, 0.3) is 0 Å². The molecule has 0 radical (unpaired) electrons. The van der Waals surface area contributed by atoms with Gasteiger partial charge in [0.15, 0.2) is 0 Å². The van der Waals surface area contributed by atoms with Crippen LogP contribution in [0.4, 0.5) is 4.39 Å². The van der Waals surface area contributed by atoms with Crippen LogP contribution in [-0.4, -0.2) is 36.5 Å². The number of nitrogens with one attached hydrogen (secondary N) is 1. The summed E-state index contributed by atoms with van der Waals surface area (Å²) in [5.74, 6) is 0.168. The van der Waals surface area contributed by atoms with E-state index in [1.807, 2.05) is 4.90 Å². The Morgan fingerprint density at radius 1 is 1.41 bits per heavy atom. The summed E-state index contributed by atoms with van der Waals surface area (Å²) in [5.41, 5.74) is 0.449. The van der Waals surface area contributed by atoms with E-state index in [2.05, 4.69) is 5.32 Å². The molecule has 2 atom stereocenters. The summed E-state index contributed by atoms with van der Waals surface area (Å²) in [5, 5.41) is 3.40. The molecule has 2 heterocycles. The average molecular weight is 234 g/mol. The maximum atomic E-state index is 13.1. The van der Waals surface area contributed by atoms with Crippen molar-refractivity contribution < 1.29 is 9.18 Å². The van der Waals surface area contributed by atoms with Crippen molar-refractivity contribution in [1.82, 2.24) is 10.2 Å². The first-order valence-corrected chi connectivity index (χ1v) is 6.02. The van der Waals surface area contributed by atoms with E-state index in [0.717, 1.165) is 26.1 Å². The van der Waals surface area contributed by atoms with Crippen LogP contribution in [-0.2, 0) is 0 Å². The molecule has 90 valence electrons. The summed E-state index contributed by atoms with van der Waals surface area (Å²) in [6.45, 7) is 2.60. The van der Waals surface area contributed by atoms with E-state index in [4.69, 9.17) is 0 Å². The molecule has 17 heavy (non-hydrogen) atoms. The van der Waals surface area contributed by atoms with Gasteiger partial charge in [-0.3, -0.25) is 4.79 Å². The molecule has 2 saturated heterocycles. The van der Waals surface area contributed by atoms with E-state index in [0.29, 0.717) is 17.5 Å². The molecule has 1 amide bonds. The highest BCUT2D eigenvalue weighted by Gasteiger charge is 2.38. The maximum Gasteiger partial charge on any atom is 0.254 e. The number of carbonyl (C=O) groups excluding carboxylic acids is 1. The van der Waals surface area contributed by atoms with Crippen LogP contribution in [0.1, 0.15) is 16.8 Å². The van der Waals surface area contributed by atoms with E-state index in [1.165, 1.54) is 12.1 Å². The van der Waals surface area contributed by atoms with Gasteiger partial charge in [-0.2, -0.15) is 0 Å². The van der Waals surface area contributed by atoms with Gasteiger partial charge in [0.2, 0.25) is 0 Å². The Morgan fingerprint density at radius 3 is 3.06 bits per heavy atom. The van der Waals surface area contributed by atoms with Crippen molar-refractivity contribution in [2.45, 2.75) is 12.5 Å². The molecule has 1 aromatic rings. The van der Waals surface area contributed by atoms with Crippen molar-refractivity contribution in [3.05, 3.63) is 35.6 Å². The molecule has 0 bridgehead atoms. The molecule has 2 aliphatic rings. The van der Waals surface area contributed by atoms with Crippen LogP contribution in [0.5, 0.6) is 0 Å². The highest BCUT2D eigenvalue weighted by Crippen LogP contribution is 2.25. The van der Waals surface area contributed by atoms with Gasteiger partial charge in [0, 0.05) is 24.7 Å². The van der Waals surface area contributed by atoms with Crippen molar-refractivity contribution in [3.8, 4) is 0 Å². The van der Waals surface area contributed by atoms with Crippen LogP contribution in [0, 0.1) is 11.7 Å². The third-order valence-electron chi connectivity index (χ3n) is 3.72. The van der Waals surface area contributed by atoms with Crippen molar-refractivity contribution in [1.29, 1.82) is 0 Å². The summed E-state index contributed by atoms with van der Waals surface area (Å²) in [4.78, 5) is 14.0. The van der Waals surface area contributed by atoms with Crippen LogP contribution in [0.15, 0.2) is 24.3 Å². The second-order valence-corrected chi connectivity index (χ2v) is 4.83. The number of likely N-dealkylation sites (tertiary alicyclic amines) is 1. The minimum Gasteiger partial charge on any atom is -0.337 e. The monoisotopic (exact) mass is 234 g/mol. The summed E-state index contributed by atoms with van der Waals surface area (Å²) in [7, 11) is 0. The van der Waals surface area contributed by atoms with E-state index in [1.54, 1.807) is 12.1 Å². The van der Waals surface area contributed by atoms with Gasteiger partial charge in [0.05, 0.1) is 0 Å². The van der Waals surface area contributed by atoms with E-state index in [-0.39, 0.29) is 11.7 Å². The molecule has 0 aromatic heterocycles. The molecule has 0 aliphatic carbocycles. The molecule has 3 rings (SSSR count). The van der Waals surface area contributed by atoms with Gasteiger partial charge in [0.25, 0.3) is 5.91 Å². The predicted molar refractivity (Wildman–Crippen MR) is 62.2 cm³/mol. The van der Waals surface area contributed by atoms with Gasteiger partial charge in [-0.05, 0) is 37.1 Å². The van der Waals surface area contributed by atoms with Gasteiger partial charge in [-0.15, -0.1) is 0 Å². The van der Waals surface area contributed by atoms with Crippen molar-refractivity contribution >= 4 is 5.91 Å². The molecular formula is C13H15FN2O. The fourth-order valence-electron chi connectivity index (χ4n) is 2.82. The number of hydrogen-bond acceptors (Lipinski definition) is 2. The van der Waals surface area contributed by atoms with Gasteiger partial charge in [-0.25, -0.2) is 4.39 Å². The Bertz CT molecular complexity index is 437. The molecule has 3 nitrogen and oxygen atoms in total. The lowest BCUT2D eigenvalue weighted by atomic mass is 10.1. The van der Waals surface area contributed by atoms with Crippen molar-refractivity contribution in [2.75, 3.05) is 19.6 Å². The Balaban J connectivity index is 1.75. The fraction of sp³-hybridized carbons (Fsp3) is 0.462. The zero-order valence-electron chi connectivity index (χ0n) is 9.53. The Hall–Kier alpha value is -1.42. The first-order chi connectivity index (χ1) is 8.24. The van der Waals surface area contributed by atoms with Crippen LogP contribution in [0.2, 0.25) is 0 Å². The largest absolute Gasteiger partial charge is 0.337 e. The highest BCUT2D eigenvalue weighted by atomic mass is 19.1. The van der Waals surface area contributed by atoms with Gasteiger partial charge < -0.3 is 10.2 Å².